The van der Waals surface area contributed by atoms with E-state index in [2.05, 4.69) is 10.1 Å². The molecule has 0 bridgehead atoms. The molecule has 2 rings (SSSR count). The van der Waals surface area contributed by atoms with Crippen molar-refractivity contribution in [2.45, 2.75) is 31.9 Å². The van der Waals surface area contributed by atoms with Crippen molar-refractivity contribution in [2.24, 2.45) is 0 Å². The van der Waals surface area contributed by atoms with E-state index in [-0.39, 0.29) is 5.75 Å². The van der Waals surface area contributed by atoms with Crippen molar-refractivity contribution < 1.29 is 18.3 Å². The fourth-order valence-corrected chi connectivity index (χ4v) is 2.23. The number of nitrogens with one attached hydrogen (secondary N) is 1. The van der Waals surface area contributed by atoms with Crippen molar-refractivity contribution in [2.75, 3.05) is 19.8 Å². The van der Waals surface area contributed by atoms with E-state index in [1.807, 2.05) is 12.1 Å². The van der Waals surface area contributed by atoms with Gasteiger partial charge in [-0.1, -0.05) is 18.2 Å². The minimum atomic E-state index is -2.78. The van der Waals surface area contributed by atoms with Crippen molar-refractivity contribution in [3.63, 3.8) is 0 Å². The average Bonchev–Trinajstić information content (AvgIpc) is 2.41. The summed E-state index contributed by atoms with van der Waals surface area (Å²) < 4.78 is 34.4. The Hall–Kier alpha value is -1.20. The first kappa shape index (κ1) is 14.2. The lowest BCUT2D eigenvalue weighted by Crippen LogP contribution is -2.37. The van der Waals surface area contributed by atoms with Gasteiger partial charge in [0.25, 0.3) is 0 Å². The van der Waals surface area contributed by atoms with Crippen LogP contribution in [0.15, 0.2) is 24.3 Å². The molecule has 1 N–H and O–H groups in total. The van der Waals surface area contributed by atoms with Crippen LogP contribution in [0.5, 0.6) is 5.75 Å². The molecule has 1 fully saturated rings. The fourth-order valence-electron chi connectivity index (χ4n) is 2.23. The van der Waals surface area contributed by atoms with Crippen LogP contribution < -0.4 is 10.1 Å². The zero-order valence-corrected chi connectivity index (χ0v) is 10.8. The second kappa shape index (κ2) is 7.40. The Morgan fingerprint density at radius 1 is 1.37 bits per heavy atom. The number of para-hydroxylation sites is 1. The molecule has 0 aliphatic carbocycles. The van der Waals surface area contributed by atoms with E-state index in [1.165, 1.54) is 0 Å². The molecule has 0 unspecified atom stereocenters. The number of alkyl halides is 2. The largest absolute Gasteiger partial charge is 0.435 e. The second-order valence-corrected chi connectivity index (χ2v) is 4.60. The number of halogens is 2. The van der Waals surface area contributed by atoms with Crippen LogP contribution in [0.1, 0.15) is 18.4 Å². The van der Waals surface area contributed by atoms with Crippen LogP contribution in [0.3, 0.4) is 0 Å². The highest BCUT2D eigenvalue weighted by atomic mass is 19.3. The third kappa shape index (κ3) is 4.76. The van der Waals surface area contributed by atoms with E-state index in [1.54, 1.807) is 12.1 Å². The zero-order valence-electron chi connectivity index (χ0n) is 10.8. The number of hydrogen-bond donors (Lipinski definition) is 1. The monoisotopic (exact) mass is 271 g/mol. The molecule has 0 aromatic heterocycles. The molecule has 0 radical (unpaired) electrons. The van der Waals surface area contributed by atoms with Gasteiger partial charge in [0.05, 0.1) is 6.61 Å². The molecule has 1 aromatic carbocycles. The number of hydrogen-bond acceptors (Lipinski definition) is 3. The highest BCUT2D eigenvalue weighted by Crippen LogP contribution is 2.20. The van der Waals surface area contributed by atoms with Gasteiger partial charge >= 0.3 is 6.61 Å². The molecule has 0 spiro atoms. The van der Waals surface area contributed by atoms with Gasteiger partial charge < -0.3 is 14.8 Å². The Morgan fingerprint density at radius 2 is 2.21 bits per heavy atom. The fraction of sp³-hybridized carbons (Fsp3) is 0.571. The first-order valence-corrected chi connectivity index (χ1v) is 6.59. The predicted octanol–water partition coefficient (Wildman–Crippen LogP) is 2.60. The quantitative estimate of drug-likeness (QED) is 0.862. The summed E-state index contributed by atoms with van der Waals surface area (Å²) in [5, 5.41) is 3.38. The van der Waals surface area contributed by atoms with Gasteiger partial charge in [-0.15, -0.1) is 0 Å². The van der Waals surface area contributed by atoms with Crippen LogP contribution in [0.4, 0.5) is 8.78 Å². The van der Waals surface area contributed by atoms with E-state index in [4.69, 9.17) is 4.74 Å². The molecule has 1 aromatic rings. The summed E-state index contributed by atoms with van der Waals surface area (Å²) in [6.45, 7) is -0.475. The summed E-state index contributed by atoms with van der Waals surface area (Å²) in [6.07, 6.45) is 2.84. The van der Waals surface area contributed by atoms with Gasteiger partial charge in [0.15, 0.2) is 0 Å². The lowest BCUT2D eigenvalue weighted by Gasteiger charge is -2.23. The summed E-state index contributed by atoms with van der Waals surface area (Å²) in [5.74, 6) is 0.263. The van der Waals surface area contributed by atoms with Crippen LogP contribution in [0.2, 0.25) is 0 Å². The number of benzene rings is 1. The van der Waals surface area contributed by atoms with Crippen molar-refractivity contribution >= 4 is 0 Å². The Morgan fingerprint density at radius 3 is 2.95 bits per heavy atom. The molecule has 1 aliphatic rings. The molecule has 106 valence electrons. The molecule has 19 heavy (non-hydrogen) atoms. The minimum absolute atomic E-state index is 0.263. The number of ether oxygens (including phenoxy) is 2. The SMILES string of the molecule is FC(F)Oc1ccccc1CCN[C@@H]1CCCOC1. The molecular formula is C14H19F2NO2. The maximum atomic E-state index is 12.3. The highest BCUT2D eigenvalue weighted by molar-refractivity contribution is 5.33. The summed E-state index contributed by atoms with van der Waals surface area (Å²) in [4.78, 5) is 0. The van der Waals surface area contributed by atoms with E-state index >= 15 is 0 Å². The Bertz CT molecular complexity index is 381. The van der Waals surface area contributed by atoms with Gasteiger partial charge in [-0.2, -0.15) is 8.78 Å². The first-order valence-electron chi connectivity index (χ1n) is 6.59. The first-order chi connectivity index (χ1) is 9.25. The van der Waals surface area contributed by atoms with E-state index in [0.717, 1.165) is 38.2 Å². The van der Waals surface area contributed by atoms with Gasteiger partial charge in [0, 0.05) is 12.6 Å². The van der Waals surface area contributed by atoms with Crippen molar-refractivity contribution in [3.8, 4) is 5.75 Å². The summed E-state index contributed by atoms with van der Waals surface area (Å²) in [7, 11) is 0. The minimum Gasteiger partial charge on any atom is -0.435 e. The lowest BCUT2D eigenvalue weighted by molar-refractivity contribution is -0.0504. The van der Waals surface area contributed by atoms with Gasteiger partial charge in [-0.05, 0) is 37.4 Å². The van der Waals surface area contributed by atoms with Crippen LogP contribution >= 0.6 is 0 Å². The van der Waals surface area contributed by atoms with E-state index in [0.29, 0.717) is 12.5 Å². The van der Waals surface area contributed by atoms with Crippen molar-refractivity contribution in [1.82, 2.24) is 5.32 Å². The van der Waals surface area contributed by atoms with Crippen LogP contribution in [0.25, 0.3) is 0 Å². The molecule has 3 nitrogen and oxygen atoms in total. The standard InChI is InChI=1S/C14H19F2NO2/c15-14(16)19-13-6-2-1-4-11(13)7-8-17-12-5-3-9-18-10-12/h1-2,4,6,12,14,17H,3,5,7-10H2/t12-/m1/s1. The highest BCUT2D eigenvalue weighted by Gasteiger charge is 2.13. The normalized spacial score (nSPS) is 19.6. The Kier molecular flexibility index (Phi) is 5.54. The third-order valence-corrected chi connectivity index (χ3v) is 3.18. The summed E-state index contributed by atoms with van der Waals surface area (Å²) in [5.41, 5.74) is 0.798. The topological polar surface area (TPSA) is 30.5 Å². The molecule has 5 heteroatoms. The lowest BCUT2D eigenvalue weighted by atomic mass is 10.1. The molecule has 0 amide bonds. The molecule has 0 saturated carbocycles. The van der Waals surface area contributed by atoms with Crippen molar-refractivity contribution in [1.29, 1.82) is 0 Å². The summed E-state index contributed by atoms with van der Waals surface area (Å²) >= 11 is 0. The predicted molar refractivity (Wildman–Crippen MR) is 68.6 cm³/mol. The third-order valence-electron chi connectivity index (χ3n) is 3.18. The van der Waals surface area contributed by atoms with Crippen LogP contribution in [0, 0.1) is 0 Å². The van der Waals surface area contributed by atoms with E-state index in [9.17, 15) is 8.78 Å². The molecular weight excluding hydrogens is 252 g/mol. The molecule has 1 atom stereocenters. The summed E-state index contributed by atoms with van der Waals surface area (Å²) in [6, 6.07) is 7.29. The molecule has 1 saturated heterocycles. The zero-order chi connectivity index (χ0) is 13.5. The van der Waals surface area contributed by atoms with Crippen molar-refractivity contribution in [3.05, 3.63) is 29.8 Å². The van der Waals surface area contributed by atoms with Gasteiger partial charge in [0.1, 0.15) is 5.75 Å². The average molecular weight is 271 g/mol. The second-order valence-electron chi connectivity index (χ2n) is 4.60. The smallest absolute Gasteiger partial charge is 0.387 e. The maximum absolute atomic E-state index is 12.3. The van der Waals surface area contributed by atoms with Gasteiger partial charge in [-0.25, -0.2) is 0 Å². The molecule has 1 aliphatic heterocycles. The van der Waals surface area contributed by atoms with E-state index < -0.39 is 6.61 Å². The molecule has 1 heterocycles. The Labute approximate surface area is 111 Å². The number of rotatable bonds is 6. The van der Waals surface area contributed by atoms with Crippen LogP contribution in [-0.4, -0.2) is 32.4 Å². The maximum Gasteiger partial charge on any atom is 0.387 e. The van der Waals surface area contributed by atoms with Gasteiger partial charge in [-0.3, -0.25) is 0 Å². The van der Waals surface area contributed by atoms with Gasteiger partial charge in [0.2, 0.25) is 0 Å². The Balaban J connectivity index is 1.81. The van der Waals surface area contributed by atoms with Crippen LogP contribution in [-0.2, 0) is 11.2 Å².